The fraction of sp³-hybridized carbons (Fsp3) is 0.565. The standard InChI is InChI=1S/C23H31N5O4/c1-15-12-20(27-32-15)22(29)26-18-13-19(23(30)31-2)21(24-14-18)28-10-8-17(9-11-28)25-16-6-4-3-5-7-16/h12-14,16-17,25H,3-11H2,1-2H3,(H,26,29). The zero-order valence-corrected chi connectivity index (χ0v) is 18.7. The highest BCUT2D eigenvalue weighted by Crippen LogP contribution is 2.26. The maximum absolute atomic E-state index is 12.5. The van der Waals surface area contributed by atoms with E-state index in [2.05, 4.69) is 25.7 Å². The Morgan fingerprint density at radius 1 is 1.09 bits per heavy atom. The van der Waals surface area contributed by atoms with E-state index in [1.807, 2.05) is 0 Å². The lowest BCUT2D eigenvalue weighted by molar-refractivity contribution is 0.0600. The van der Waals surface area contributed by atoms with E-state index in [0.717, 1.165) is 25.9 Å². The second-order valence-electron chi connectivity index (χ2n) is 8.63. The highest BCUT2D eigenvalue weighted by Gasteiger charge is 2.27. The Balaban J connectivity index is 1.42. The summed E-state index contributed by atoms with van der Waals surface area (Å²) in [6.07, 6.45) is 10.1. The number of hydrogen-bond donors (Lipinski definition) is 2. The summed E-state index contributed by atoms with van der Waals surface area (Å²) in [5.74, 6) is 0.216. The van der Waals surface area contributed by atoms with Gasteiger partial charge in [-0.25, -0.2) is 9.78 Å². The summed E-state index contributed by atoms with van der Waals surface area (Å²) in [4.78, 5) is 31.5. The molecular weight excluding hydrogens is 410 g/mol. The second kappa shape index (κ2) is 10.1. The van der Waals surface area contributed by atoms with Crippen LogP contribution >= 0.6 is 0 Å². The number of aromatic nitrogens is 2. The van der Waals surface area contributed by atoms with Gasteiger partial charge in [0.1, 0.15) is 17.1 Å². The van der Waals surface area contributed by atoms with Crippen molar-refractivity contribution in [2.45, 2.75) is 64.0 Å². The summed E-state index contributed by atoms with van der Waals surface area (Å²) in [6.45, 7) is 3.33. The van der Waals surface area contributed by atoms with E-state index < -0.39 is 11.9 Å². The molecule has 1 amide bonds. The molecule has 2 aromatic heterocycles. The molecule has 1 saturated heterocycles. The summed E-state index contributed by atoms with van der Waals surface area (Å²) >= 11 is 0. The molecule has 0 bridgehead atoms. The number of pyridine rings is 1. The predicted octanol–water partition coefficient (Wildman–Crippen LogP) is 3.31. The number of carbonyl (C=O) groups excluding carboxylic acids is 2. The molecule has 2 aliphatic rings. The third kappa shape index (κ3) is 5.27. The van der Waals surface area contributed by atoms with Crippen LogP contribution < -0.4 is 15.5 Å². The zero-order chi connectivity index (χ0) is 22.5. The lowest BCUT2D eigenvalue weighted by atomic mass is 9.93. The fourth-order valence-electron chi connectivity index (χ4n) is 4.57. The Labute approximate surface area is 187 Å². The molecule has 0 spiro atoms. The van der Waals surface area contributed by atoms with Gasteiger partial charge >= 0.3 is 5.97 Å². The van der Waals surface area contributed by atoms with Crippen molar-refractivity contribution in [3.8, 4) is 0 Å². The molecular formula is C23H31N5O4. The Morgan fingerprint density at radius 2 is 1.81 bits per heavy atom. The number of piperidine rings is 1. The number of carbonyl (C=O) groups is 2. The molecule has 32 heavy (non-hydrogen) atoms. The molecule has 4 rings (SSSR count). The number of anilines is 2. The Kier molecular flexibility index (Phi) is 7.04. The van der Waals surface area contributed by atoms with Crippen molar-refractivity contribution in [2.24, 2.45) is 0 Å². The van der Waals surface area contributed by atoms with E-state index in [0.29, 0.717) is 34.9 Å². The van der Waals surface area contributed by atoms with Crippen LogP contribution in [-0.2, 0) is 4.74 Å². The number of methoxy groups -OCH3 is 1. The summed E-state index contributed by atoms with van der Waals surface area (Å²) < 4.78 is 9.92. The fourth-order valence-corrected chi connectivity index (χ4v) is 4.57. The largest absolute Gasteiger partial charge is 0.465 e. The number of hydrogen-bond acceptors (Lipinski definition) is 8. The predicted molar refractivity (Wildman–Crippen MR) is 120 cm³/mol. The van der Waals surface area contributed by atoms with E-state index in [1.54, 1.807) is 25.3 Å². The zero-order valence-electron chi connectivity index (χ0n) is 18.7. The van der Waals surface area contributed by atoms with Gasteiger partial charge in [-0.1, -0.05) is 24.4 Å². The van der Waals surface area contributed by atoms with E-state index >= 15 is 0 Å². The molecule has 9 heteroatoms. The molecule has 9 nitrogen and oxygen atoms in total. The summed E-state index contributed by atoms with van der Waals surface area (Å²) in [5, 5.41) is 10.3. The number of ether oxygens (including phenoxy) is 1. The Bertz CT molecular complexity index is 946. The van der Waals surface area contributed by atoms with Crippen LogP contribution in [0.4, 0.5) is 11.5 Å². The molecule has 1 aliphatic carbocycles. The van der Waals surface area contributed by atoms with E-state index in [9.17, 15) is 9.59 Å². The van der Waals surface area contributed by atoms with E-state index in [-0.39, 0.29) is 5.69 Å². The van der Waals surface area contributed by atoms with Gasteiger partial charge in [-0.15, -0.1) is 0 Å². The van der Waals surface area contributed by atoms with Crippen LogP contribution in [0.15, 0.2) is 22.9 Å². The van der Waals surface area contributed by atoms with Gasteiger partial charge < -0.3 is 24.8 Å². The molecule has 0 aromatic carbocycles. The number of amides is 1. The van der Waals surface area contributed by atoms with Crippen LogP contribution in [0, 0.1) is 6.92 Å². The first-order valence-electron chi connectivity index (χ1n) is 11.4. The van der Waals surface area contributed by atoms with Crippen molar-refractivity contribution >= 4 is 23.4 Å². The Hall–Kier alpha value is -2.94. The van der Waals surface area contributed by atoms with Gasteiger partial charge in [0.15, 0.2) is 5.69 Å². The van der Waals surface area contributed by atoms with Gasteiger partial charge in [0.05, 0.1) is 19.0 Å². The number of rotatable bonds is 6. The number of esters is 1. The molecule has 172 valence electrons. The summed E-state index contributed by atoms with van der Waals surface area (Å²) in [5.41, 5.74) is 0.896. The van der Waals surface area contributed by atoms with Crippen LogP contribution in [0.2, 0.25) is 0 Å². The van der Waals surface area contributed by atoms with E-state index in [4.69, 9.17) is 9.26 Å². The average Bonchev–Trinajstić information content (AvgIpc) is 3.26. The summed E-state index contributed by atoms with van der Waals surface area (Å²) in [6, 6.07) is 4.29. The van der Waals surface area contributed by atoms with Crippen molar-refractivity contribution < 1.29 is 18.8 Å². The minimum atomic E-state index is -0.483. The Morgan fingerprint density at radius 3 is 2.47 bits per heavy atom. The lowest BCUT2D eigenvalue weighted by Gasteiger charge is -2.36. The minimum absolute atomic E-state index is 0.165. The van der Waals surface area contributed by atoms with Crippen molar-refractivity contribution in [3.05, 3.63) is 35.3 Å². The normalized spacial score (nSPS) is 17.9. The smallest absolute Gasteiger partial charge is 0.341 e. The number of nitrogens with zero attached hydrogens (tertiary/aromatic N) is 3. The van der Waals surface area contributed by atoms with Crippen LogP contribution in [0.3, 0.4) is 0 Å². The van der Waals surface area contributed by atoms with Gasteiger partial charge in [0.2, 0.25) is 0 Å². The van der Waals surface area contributed by atoms with Gasteiger partial charge in [0, 0.05) is 31.2 Å². The van der Waals surface area contributed by atoms with Gasteiger partial charge in [-0.2, -0.15) is 0 Å². The molecule has 0 radical (unpaired) electrons. The molecule has 0 unspecified atom stereocenters. The molecule has 1 aliphatic heterocycles. The number of nitrogens with one attached hydrogen (secondary N) is 2. The minimum Gasteiger partial charge on any atom is -0.465 e. The number of aryl methyl sites for hydroxylation is 1. The maximum Gasteiger partial charge on any atom is 0.341 e. The molecule has 1 saturated carbocycles. The highest BCUT2D eigenvalue weighted by atomic mass is 16.5. The molecule has 2 N–H and O–H groups in total. The third-order valence-electron chi connectivity index (χ3n) is 6.26. The van der Waals surface area contributed by atoms with Crippen molar-refractivity contribution in [1.29, 1.82) is 0 Å². The van der Waals surface area contributed by atoms with Crippen molar-refractivity contribution in [1.82, 2.24) is 15.5 Å². The summed E-state index contributed by atoms with van der Waals surface area (Å²) in [7, 11) is 1.34. The average molecular weight is 442 g/mol. The molecule has 3 heterocycles. The lowest BCUT2D eigenvalue weighted by Crippen LogP contribution is -2.47. The first-order valence-corrected chi connectivity index (χ1v) is 11.4. The second-order valence-corrected chi connectivity index (χ2v) is 8.63. The van der Waals surface area contributed by atoms with Crippen LogP contribution in [0.25, 0.3) is 0 Å². The molecule has 2 fully saturated rings. The van der Waals surface area contributed by atoms with Gasteiger partial charge in [-0.05, 0) is 38.7 Å². The maximum atomic E-state index is 12.5. The first-order chi connectivity index (χ1) is 15.5. The van der Waals surface area contributed by atoms with Gasteiger partial charge in [0.25, 0.3) is 5.91 Å². The van der Waals surface area contributed by atoms with Crippen LogP contribution in [0.1, 0.15) is 71.6 Å². The first kappa shape index (κ1) is 22.3. The highest BCUT2D eigenvalue weighted by molar-refractivity contribution is 6.04. The molecule has 2 aromatic rings. The van der Waals surface area contributed by atoms with Crippen molar-refractivity contribution in [2.75, 3.05) is 30.4 Å². The molecule has 0 atom stereocenters. The SMILES string of the molecule is COC(=O)c1cc(NC(=O)c2cc(C)on2)cnc1N1CCC(NC2CCCCC2)CC1. The van der Waals surface area contributed by atoms with Crippen LogP contribution in [-0.4, -0.2) is 54.3 Å². The quantitative estimate of drug-likeness (QED) is 0.657. The van der Waals surface area contributed by atoms with Crippen molar-refractivity contribution in [3.63, 3.8) is 0 Å². The van der Waals surface area contributed by atoms with Crippen LogP contribution in [0.5, 0.6) is 0 Å². The third-order valence-corrected chi connectivity index (χ3v) is 6.26. The van der Waals surface area contributed by atoms with E-state index in [1.165, 1.54) is 39.2 Å². The topological polar surface area (TPSA) is 110 Å². The van der Waals surface area contributed by atoms with Gasteiger partial charge in [-0.3, -0.25) is 4.79 Å². The monoisotopic (exact) mass is 441 g/mol.